The average molecular weight is 163 g/mol. The molecule has 2 nitrogen and oxygen atoms in total. The molecular weight excluding hydrogens is 150 g/mol. The van der Waals surface area contributed by atoms with Crippen LogP contribution in [0.3, 0.4) is 0 Å². The molecular formula is C10H13NO. The third-order valence-corrected chi connectivity index (χ3v) is 2.49. The summed E-state index contributed by atoms with van der Waals surface area (Å²) in [6.07, 6.45) is 2.25. The minimum atomic E-state index is 0.414. The molecule has 0 bridgehead atoms. The van der Waals surface area contributed by atoms with Crippen molar-refractivity contribution in [3.8, 4) is 5.75 Å². The summed E-state index contributed by atoms with van der Waals surface area (Å²) in [6, 6.07) is 3.71. The summed E-state index contributed by atoms with van der Waals surface area (Å²) in [7, 11) is 0. The summed E-state index contributed by atoms with van der Waals surface area (Å²) in [5.41, 5.74) is 3.50. The zero-order valence-electron chi connectivity index (χ0n) is 7.22. The smallest absolute Gasteiger partial charge is 0.118 e. The van der Waals surface area contributed by atoms with Gasteiger partial charge in [0, 0.05) is 12.2 Å². The largest absolute Gasteiger partial charge is 0.508 e. The van der Waals surface area contributed by atoms with Gasteiger partial charge in [0.2, 0.25) is 0 Å². The molecule has 0 amide bonds. The van der Waals surface area contributed by atoms with E-state index >= 15 is 0 Å². The summed E-state index contributed by atoms with van der Waals surface area (Å²) < 4.78 is 0. The lowest BCUT2D eigenvalue weighted by Crippen LogP contribution is -2.12. The van der Waals surface area contributed by atoms with Gasteiger partial charge in [-0.3, -0.25) is 0 Å². The SMILES string of the molecule is Cc1c(O)ccc2c1CCCN2. The Hall–Kier alpha value is -1.18. The van der Waals surface area contributed by atoms with Crippen LogP contribution in [0.2, 0.25) is 0 Å². The number of fused-ring (bicyclic) bond motifs is 1. The Kier molecular flexibility index (Phi) is 1.68. The van der Waals surface area contributed by atoms with Gasteiger partial charge in [-0.15, -0.1) is 0 Å². The molecule has 0 aromatic heterocycles. The minimum Gasteiger partial charge on any atom is -0.508 e. The number of benzene rings is 1. The Balaban J connectivity index is 2.54. The Morgan fingerprint density at radius 3 is 3.08 bits per heavy atom. The molecule has 1 aromatic rings. The molecule has 1 aromatic carbocycles. The fourth-order valence-corrected chi connectivity index (χ4v) is 1.72. The fourth-order valence-electron chi connectivity index (χ4n) is 1.72. The van der Waals surface area contributed by atoms with E-state index in [9.17, 15) is 5.11 Å². The van der Waals surface area contributed by atoms with Gasteiger partial charge in [0.1, 0.15) is 5.75 Å². The highest BCUT2D eigenvalue weighted by atomic mass is 16.3. The molecule has 2 heteroatoms. The van der Waals surface area contributed by atoms with E-state index in [2.05, 4.69) is 5.32 Å². The van der Waals surface area contributed by atoms with Gasteiger partial charge in [0.25, 0.3) is 0 Å². The van der Waals surface area contributed by atoms with Crippen LogP contribution < -0.4 is 5.32 Å². The van der Waals surface area contributed by atoms with Crippen LogP contribution in [0.1, 0.15) is 17.5 Å². The average Bonchev–Trinajstić information content (AvgIpc) is 2.12. The van der Waals surface area contributed by atoms with Gasteiger partial charge >= 0.3 is 0 Å². The highest BCUT2D eigenvalue weighted by Crippen LogP contribution is 2.30. The molecule has 1 aliphatic rings. The molecule has 1 heterocycles. The van der Waals surface area contributed by atoms with E-state index in [0.29, 0.717) is 5.75 Å². The van der Waals surface area contributed by atoms with Crippen molar-refractivity contribution in [3.05, 3.63) is 23.3 Å². The van der Waals surface area contributed by atoms with E-state index < -0.39 is 0 Å². The Morgan fingerprint density at radius 1 is 1.42 bits per heavy atom. The number of phenols is 1. The van der Waals surface area contributed by atoms with Gasteiger partial charge in [0.15, 0.2) is 0 Å². The van der Waals surface area contributed by atoms with Crippen LogP contribution >= 0.6 is 0 Å². The number of phenolic OH excluding ortho intramolecular Hbond substituents is 1. The van der Waals surface area contributed by atoms with E-state index in [0.717, 1.165) is 24.9 Å². The van der Waals surface area contributed by atoms with Crippen molar-refractivity contribution in [3.63, 3.8) is 0 Å². The summed E-state index contributed by atoms with van der Waals surface area (Å²) in [4.78, 5) is 0. The Morgan fingerprint density at radius 2 is 2.25 bits per heavy atom. The van der Waals surface area contributed by atoms with Crippen molar-refractivity contribution in [1.82, 2.24) is 0 Å². The van der Waals surface area contributed by atoms with Crippen LogP contribution in [0.5, 0.6) is 5.75 Å². The summed E-state index contributed by atoms with van der Waals surface area (Å²) in [5, 5.41) is 12.8. The molecule has 2 N–H and O–H groups in total. The molecule has 0 atom stereocenters. The van der Waals surface area contributed by atoms with Crippen molar-refractivity contribution in [2.75, 3.05) is 11.9 Å². The lowest BCUT2D eigenvalue weighted by molar-refractivity contribution is 0.470. The van der Waals surface area contributed by atoms with E-state index in [-0.39, 0.29) is 0 Å². The predicted molar refractivity (Wildman–Crippen MR) is 49.7 cm³/mol. The normalized spacial score (nSPS) is 15.1. The van der Waals surface area contributed by atoms with Crippen LogP contribution in [0.15, 0.2) is 12.1 Å². The molecule has 0 radical (unpaired) electrons. The lowest BCUT2D eigenvalue weighted by Gasteiger charge is -2.20. The Labute approximate surface area is 72.2 Å². The molecule has 64 valence electrons. The van der Waals surface area contributed by atoms with Crippen LogP contribution in [0.25, 0.3) is 0 Å². The fraction of sp³-hybridized carbons (Fsp3) is 0.400. The monoisotopic (exact) mass is 163 g/mol. The number of aromatic hydroxyl groups is 1. The molecule has 0 fully saturated rings. The van der Waals surface area contributed by atoms with Crippen molar-refractivity contribution in [1.29, 1.82) is 0 Å². The first-order chi connectivity index (χ1) is 5.79. The summed E-state index contributed by atoms with van der Waals surface area (Å²) in [6.45, 7) is 3.03. The number of rotatable bonds is 0. The molecule has 0 saturated carbocycles. The minimum absolute atomic E-state index is 0.414. The van der Waals surface area contributed by atoms with Gasteiger partial charge in [-0.2, -0.15) is 0 Å². The summed E-state index contributed by atoms with van der Waals surface area (Å²) in [5.74, 6) is 0.414. The maximum Gasteiger partial charge on any atom is 0.118 e. The topological polar surface area (TPSA) is 32.3 Å². The molecule has 1 aliphatic heterocycles. The lowest BCUT2D eigenvalue weighted by atomic mass is 9.98. The second-order valence-electron chi connectivity index (χ2n) is 3.27. The second-order valence-corrected chi connectivity index (χ2v) is 3.27. The zero-order valence-corrected chi connectivity index (χ0v) is 7.22. The van der Waals surface area contributed by atoms with E-state index in [1.807, 2.05) is 13.0 Å². The van der Waals surface area contributed by atoms with Gasteiger partial charge in [-0.1, -0.05) is 0 Å². The standard InChI is InChI=1S/C10H13NO/c1-7-8-3-2-6-11-9(8)4-5-10(7)12/h4-5,11-12H,2-3,6H2,1H3. The molecule has 0 saturated heterocycles. The van der Waals surface area contributed by atoms with E-state index in [1.54, 1.807) is 6.07 Å². The highest BCUT2D eigenvalue weighted by Gasteiger charge is 2.12. The number of hydrogen-bond donors (Lipinski definition) is 2. The third kappa shape index (κ3) is 1.04. The highest BCUT2D eigenvalue weighted by molar-refractivity contribution is 5.59. The zero-order chi connectivity index (χ0) is 8.55. The molecule has 2 rings (SSSR count). The quantitative estimate of drug-likeness (QED) is 0.574. The van der Waals surface area contributed by atoms with Gasteiger partial charge < -0.3 is 10.4 Å². The Bertz CT molecular complexity index is 307. The third-order valence-electron chi connectivity index (χ3n) is 2.49. The van der Waals surface area contributed by atoms with Crippen LogP contribution in [0.4, 0.5) is 5.69 Å². The summed E-state index contributed by atoms with van der Waals surface area (Å²) >= 11 is 0. The van der Waals surface area contributed by atoms with Crippen molar-refractivity contribution < 1.29 is 5.11 Å². The van der Waals surface area contributed by atoms with Crippen LogP contribution in [-0.4, -0.2) is 11.7 Å². The van der Waals surface area contributed by atoms with Crippen LogP contribution in [-0.2, 0) is 6.42 Å². The van der Waals surface area contributed by atoms with Gasteiger partial charge in [-0.05, 0) is 43.0 Å². The molecule has 12 heavy (non-hydrogen) atoms. The maximum atomic E-state index is 9.45. The predicted octanol–water partition coefficient (Wildman–Crippen LogP) is 2.06. The first kappa shape index (κ1) is 7.47. The van der Waals surface area contributed by atoms with E-state index in [1.165, 1.54) is 11.3 Å². The van der Waals surface area contributed by atoms with Crippen LogP contribution in [0, 0.1) is 6.92 Å². The van der Waals surface area contributed by atoms with Gasteiger partial charge in [0.05, 0.1) is 0 Å². The number of nitrogens with one attached hydrogen (secondary N) is 1. The van der Waals surface area contributed by atoms with Crippen molar-refractivity contribution >= 4 is 5.69 Å². The molecule has 0 spiro atoms. The van der Waals surface area contributed by atoms with Crippen molar-refractivity contribution in [2.45, 2.75) is 19.8 Å². The first-order valence-corrected chi connectivity index (χ1v) is 4.34. The number of hydrogen-bond acceptors (Lipinski definition) is 2. The number of anilines is 1. The first-order valence-electron chi connectivity index (χ1n) is 4.34. The van der Waals surface area contributed by atoms with E-state index in [4.69, 9.17) is 0 Å². The molecule has 0 unspecified atom stereocenters. The molecule has 0 aliphatic carbocycles. The maximum absolute atomic E-state index is 9.45. The van der Waals surface area contributed by atoms with Gasteiger partial charge in [-0.25, -0.2) is 0 Å². The second kappa shape index (κ2) is 2.70. The van der Waals surface area contributed by atoms with Crippen molar-refractivity contribution in [2.24, 2.45) is 0 Å².